The predicted molar refractivity (Wildman–Crippen MR) is 60.7 cm³/mol. The van der Waals surface area contributed by atoms with E-state index in [-0.39, 0.29) is 12.0 Å². The lowest BCUT2D eigenvalue weighted by Crippen LogP contribution is -2.32. The minimum Gasteiger partial charge on any atom is -0.481 e. The summed E-state index contributed by atoms with van der Waals surface area (Å²) in [6.45, 7) is 3.49. The van der Waals surface area contributed by atoms with Gasteiger partial charge in [-0.05, 0) is 30.9 Å². The molecule has 1 N–H and O–H groups in total. The van der Waals surface area contributed by atoms with Crippen molar-refractivity contribution >= 4 is 5.97 Å². The Morgan fingerprint density at radius 1 is 1.29 bits per heavy atom. The Labute approximate surface area is 99.3 Å². The van der Waals surface area contributed by atoms with Crippen LogP contribution in [0.3, 0.4) is 0 Å². The maximum absolute atomic E-state index is 13.5. The molecular formula is C13H16F2O2. The standard InChI is InChI=1S/C13H16F2O2/c1-3-13(4-2,12(16)17)8-9-6-5-7-10(14)11(9)15/h5-7H,3-4,8H2,1-2H3,(H,16,17). The number of aliphatic carboxylic acids is 1. The molecular weight excluding hydrogens is 226 g/mol. The Hall–Kier alpha value is -1.45. The van der Waals surface area contributed by atoms with E-state index >= 15 is 0 Å². The van der Waals surface area contributed by atoms with Gasteiger partial charge in [-0.25, -0.2) is 8.78 Å². The summed E-state index contributed by atoms with van der Waals surface area (Å²) >= 11 is 0. The number of halogens is 2. The summed E-state index contributed by atoms with van der Waals surface area (Å²) < 4.78 is 26.5. The zero-order chi connectivity index (χ0) is 13.1. The first-order valence-corrected chi connectivity index (χ1v) is 5.63. The van der Waals surface area contributed by atoms with Crippen molar-refractivity contribution in [1.29, 1.82) is 0 Å². The van der Waals surface area contributed by atoms with Crippen LogP contribution in [-0.4, -0.2) is 11.1 Å². The molecule has 0 saturated carbocycles. The van der Waals surface area contributed by atoms with Crippen molar-refractivity contribution < 1.29 is 18.7 Å². The number of carbonyl (C=O) groups is 1. The fraction of sp³-hybridized carbons (Fsp3) is 0.462. The molecule has 0 aliphatic heterocycles. The summed E-state index contributed by atoms with van der Waals surface area (Å²) in [6, 6.07) is 3.85. The molecule has 0 aromatic heterocycles. The molecule has 2 nitrogen and oxygen atoms in total. The lowest BCUT2D eigenvalue weighted by molar-refractivity contribution is -0.149. The minimum atomic E-state index is -1.02. The maximum Gasteiger partial charge on any atom is 0.309 e. The van der Waals surface area contributed by atoms with Gasteiger partial charge in [-0.1, -0.05) is 26.0 Å². The van der Waals surface area contributed by atoms with Gasteiger partial charge in [0, 0.05) is 0 Å². The van der Waals surface area contributed by atoms with E-state index in [1.165, 1.54) is 12.1 Å². The van der Waals surface area contributed by atoms with Crippen LogP contribution >= 0.6 is 0 Å². The second-order valence-corrected chi connectivity index (χ2v) is 4.18. The third kappa shape index (κ3) is 2.62. The summed E-state index contributed by atoms with van der Waals surface area (Å²) in [5.74, 6) is -2.85. The van der Waals surface area contributed by atoms with E-state index in [0.717, 1.165) is 6.07 Å². The second kappa shape index (κ2) is 5.25. The monoisotopic (exact) mass is 242 g/mol. The lowest BCUT2D eigenvalue weighted by Gasteiger charge is -2.26. The fourth-order valence-electron chi connectivity index (χ4n) is 1.93. The second-order valence-electron chi connectivity index (χ2n) is 4.18. The first-order chi connectivity index (χ1) is 7.96. The van der Waals surface area contributed by atoms with Gasteiger partial charge in [0.2, 0.25) is 0 Å². The van der Waals surface area contributed by atoms with Crippen LogP contribution in [-0.2, 0) is 11.2 Å². The van der Waals surface area contributed by atoms with Crippen LogP contribution in [0.25, 0.3) is 0 Å². The number of carboxylic acids is 1. The quantitative estimate of drug-likeness (QED) is 0.859. The van der Waals surface area contributed by atoms with Crippen LogP contribution < -0.4 is 0 Å². The average molecular weight is 242 g/mol. The van der Waals surface area contributed by atoms with Crippen LogP contribution in [0.2, 0.25) is 0 Å². The van der Waals surface area contributed by atoms with Crippen molar-refractivity contribution in [2.75, 3.05) is 0 Å². The molecule has 1 aromatic rings. The van der Waals surface area contributed by atoms with E-state index in [4.69, 9.17) is 0 Å². The van der Waals surface area contributed by atoms with E-state index in [1.807, 2.05) is 0 Å². The first kappa shape index (κ1) is 13.6. The van der Waals surface area contributed by atoms with Crippen LogP contribution in [0, 0.1) is 17.0 Å². The van der Waals surface area contributed by atoms with Gasteiger partial charge in [-0.15, -0.1) is 0 Å². The summed E-state index contributed by atoms with van der Waals surface area (Å²) in [4.78, 5) is 11.3. The summed E-state index contributed by atoms with van der Waals surface area (Å²) in [5, 5.41) is 9.23. The van der Waals surface area contributed by atoms with E-state index in [2.05, 4.69) is 0 Å². The van der Waals surface area contributed by atoms with Crippen LogP contribution in [0.1, 0.15) is 32.3 Å². The summed E-state index contributed by atoms with van der Waals surface area (Å²) in [6.07, 6.45) is 0.780. The van der Waals surface area contributed by atoms with Crippen LogP contribution in [0.5, 0.6) is 0 Å². The number of rotatable bonds is 5. The molecule has 1 aromatic carbocycles. The number of carboxylic acid groups (broad SMARTS) is 1. The van der Waals surface area contributed by atoms with E-state index in [1.54, 1.807) is 13.8 Å². The number of benzene rings is 1. The van der Waals surface area contributed by atoms with Gasteiger partial charge >= 0.3 is 5.97 Å². The highest BCUT2D eigenvalue weighted by Crippen LogP contribution is 2.32. The molecule has 0 amide bonds. The Balaban J connectivity index is 3.10. The van der Waals surface area contributed by atoms with Crippen molar-refractivity contribution in [1.82, 2.24) is 0 Å². The molecule has 0 unspecified atom stereocenters. The van der Waals surface area contributed by atoms with E-state index in [0.29, 0.717) is 12.8 Å². The highest BCUT2D eigenvalue weighted by atomic mass is 19.2. The van der Waals surface area contributed by atoms with Crippen molar-refractivity contribution in [3.8, 4) is 0 Å². The Bertz CT molecular complexity index is 412. The number of hydrogen-bond donors (Lipinski definition) is 1. The molecule has 0 spiro atoms. The Kier molecular flexibility index (Phi) is 4.21. The molecule has 0 heterocycles. The van der Waals surface area contributed by atoms with Crippen LogP contribution in [0.4, 0.5) is 8.78 Å². The molecule has 4 heteroatoms. The maximum atomic E-state index is 13.5. The normalized spacial score (nSPS) is 11.5. The average Bonchev–Trinajstić information content (AvgIpc) is 2.31. The molecule has 17 heavy (non-hydrogen) atoms. The number of hydrogen-bond acceptors (Lipinski definition) is 1. The van der Waals surface area contributed by atoms with Crippen LogP contribution in [0.15, 0.2) is 18.2 Å². The fourth-order valence-corrected chi connectivity index (χ4v) is 1.93. The van der Waals surface area contributed by atoms with Gasteiger partial charge < -0.3 is 5.11 Å². The van der Waals surface area contributed by atoms with Gasteiger partial charge in [-0.2, -0.15) is 0 Å². The molecule has 0 fully saturated rings. The summed E-state index contributed by atoms with van der Waals surface area (Å²) in [7, 11) is 0. The van der Waals surface area contributed by atoms with Gasteiger partial charge in [0.05, 0.1) is 5.41 Å². The van der Waals surface area contributed by atoms with E-state index < -0.39 is 23.0 Å². The van der Waals surface area contributed by atoms with Crippen molar-refractivity contribution in [3.05, 3.63) is 35.4 Å². The third-order valence-electron chi connectivity index (χ3n) is 3.37. The summed E-state index contributed by atoms with van der Waals surface area (Å²) in [5.41, 5.74) is -0.898. The molecule has 0 bridgehead atoms. The predicted octanol–water partition coefficient (Wildman–Crippen LogP) is 3.40. The molecule has 0 aliphatic rings. The lowest BCUT2D eigenvalue weighted by atomic mass is 9.77. The largest absolute Gasteiger partial charge is 0.481 e. The smallest absolute Gasteiger partial charge is 0.309 e. The SMILES string of the molecule is CCC(CC)(Cc1cccc(F)c1F)C(=O)O. The van der Waals surface area contributed by atoms with Gasteiger partial charge in [0.15, 0.2) is 11.6 Å². The van der Waals surface area contributed by atoms with Gasteiger partial charge in [-0.3, -0.25) is 4.79 Å². The topological polar surface area (TPSA) is 37.3 Å². The zero-order valence-corrected chi connectivity index (χ0v) is 9.96. The van der Waals surface area contributed by atoms with Gasteiger partial charge in [0.1, 0.15) is 0 Å². The molecule has 0 radical (unpaired) electrons. The van der Waals surface area contributed by atoms with Gasteiger partial charge in [0.25, 0.3) is 0 Å². The molecule has 94 valence electrons. The highest BCUT2D eigenvalue weighted by Gasteiger charge is 2.35. The third-order valence-corrected chi connectivity index (χ3v) is 3.37. The Morgan fingerprint density at radius 2 is 1.88 bits per heavy atom. The molecule has 0 aliphatic carbocycles. The molecule has 0 saturated heterocycles. The van der Waals surface area contributed by atoms with Crippen molar-refractivity contribution in [2.24, 2.45) is 5.41 Å². The zero-order valence-electron chi connectivity index (χ0n) is 9.96. The van der Waals surface area contributed by atoms with E-state index in [9.17, 15) is 18.7 Å². The highest BCUT2D eigenvalue weighted by molar-refractivity contribution is 5.75. The van der Waals surface area contributed by atoms with Crippen molar-refractivity contribution in [3.63, 3.8) is 0 Å². The molecule has 0 atom stereocenters. The minimum absolute atomic E-state index is 0.0128. The first-order valence-electron chi connectivity index (χ1n) is 5.63. The Morgan fingerprint density at radius 3 is 2.35 bits per heavy atom. The van der Waals surface area contributed by atoms with Crippen molar-refractivity contribution in [2.45, 2.75) is 33.1 Å². The molecule has 1 rings (SSSR count).